The van der Waals surface area contributed by atoms with Crippen LogP contribution in [0.1, 0.15) is 37.6 Å². The highest BCUT2D eigenvalue weighted by molar-refractivity contribution is 9.09. The van der Waals surface area contributed by atoms with E-state index in [-0.39, 0.29) is 0 Å². The van der Waals surface area contributed by atoms with Gasteiger partial charge in [0.2, 0.25) is 0 Å². The molecule has 3 nitrogen and oxygen atoms in total. The maximum absolute atomic E-state index is 4.52. The zero-order chi connectivity index (χ0) is 12.3. The maximum atomic E-state index is 4.52. The number of rotatable bonds is 6. The van der Waals surface area contributed by atoms with Crippen molar-refractivity contribution in [1.82, 2.24) is 14.7 Å². The summed E-state index contributed by atoms with van der Waals surface area (Å²) < 4.78 is 2.13. The van der Waals surface area contributed by atoms with Crippen LogP contribution in [0, 0.1) is 6.92 Å². The van der Waals surface area contributed by atoms with E-state index in [0.29, 0.717) is 0 Å². The average Bonchev–Trinajstić information content (AvgIpc) is 2.56. The molecule has 0 N–H and O–H groups in total. The topological polar surface area (TPSA) is 21.1 Å². The highest BCUT2D eigenvalue weighted by Crippen LogP contribution is 2.26. The summed E-state index contributed by atoms with van der Waals surface area (Å²) in [5, 5.41) is 5.58. The molecular formula is C13H22BrN3. The zero-order valence-electron chi connectivity index (χ0n) is 10.8. The molecule has 4 heteroatoms. The first-order chi connectivity index (χ1) is 8.24. The molecule has 1 aromatic rings. The lowest BCUT2D eigenvalue weighted by Crippen LogP contribution is -2.41. The van der Waals surface area contributed by atoms with Crippen molar-refractivity contribution in [1.29, 1.82) is 0 Å². The Morgan fingerprint density at radius 3 is 2.82 bits per heavy atom. The van der Waals surface area contributed by atoms with Crippen LogP contribution in [0.15, 0.2) is 6.07 Å². The van der Waals surface area contributed by atoms with Gasteiger partial charge in [0.15, 0.2) is 0 Å². The minimum Gasteiger partial charge on any atom is -0.294 e. The Kier molecular flexibility index (Phi) is 4.62. The molecule has 0 radical (unpaired) electrons. The molecular weight excluding hydrogens is 278 g/mol. The lowest BCUT2D eigenvalue weighted by Gasteiger charge is -2.37. The molecule has 0 atom stereocenters. The van der Waals surface area contributed by atoms with E-state index in [1.165, 1.54) is 25.0 Å². The van der Waals surface area contributed by atoms with E-state index in [1.54, 1.807) is 0 Å². The molecule has 17 heavy (non-hydrogen) atoms. The van der Waals surface area contributed by atoms with Crippen LogP contribution >= 0.6 is 15.9 Å². The number of aromatic nitrogens is 2. The number of nitrogens with zero attached hydrogens (tertiary/aromatic N) is 3. The zero-order valence-corrected chi connectivity index (χ0v) is 12.4. The number of hydrogen-bond donors (Lipinski definition) is 0. The lowest BCUT2D eigenvalue weighted by atomic mass is 9.91. The number of hydrogen-bond acceptors (Lipinski definition) is 2. The van der Waals surface area contributed by atoms with Crippen molar-refractivity contribution in [2.75, 3.05) is 11.9 Å². The van der Waals surface area contributed by atoms with Crippen molar-refractivity contribution in [3.05, 3.63) is 17.5 Å². The molecule has 0 aromatic carbocycles. The van der Waals surface area contributed by atoms with Crippen LogP contribution in [0.5, 0.6) is 0 Å². The van der Waals surface area contributed by atoms with Gasteiger partial charge >= 0.3 is 0 Å². The van der Waals surface area contributed by atoms with E-state index < -0.39 is 0 Å². The van der Waals surface area contributed by atoms with E-state index in [0.717, 1.165) is 36.7 Å². The molecule has 96 valence electrons. The van der Waals surface area contributed by atoms with Crippen LogP contribution in [0.2, 0.25) is 0 Å². The van der Waals surface area contributed by atoms with Crippen molar-refractivity contribution in [3.8, 4) is 0 Å². The molecule has 0 unspecified atom stereocenters. The second-order valence-electron chi connectivity index (χ2n) is 4.84. The fourth-order valence-corrected chi connectivity index (χ4v) is 2.91. The third kappa shape index (κ3) is 3.10. The van der Waals surface area contributed by atoms with Gasteiger partial charge in [0.05, 0.1) is 11.4 Å². The Labute approximate surface area is 112 Å². The van der Waals surface area contributed by atoms with Crippen LogP contribution in [0.4, 0.5) is 0 Å². The van der Waals surface area contributed by atoms with Gasteiger partial charge in [-0.3, -0.25) is 9.58 Å². The van der Waals surface area contributed by atoms with Gasteiger partial charge < -0.3 is 0 Å². The molecule has 1 heterocycles. The van der Waals surface area contributed by atoms with Gasteiger partial charge in [-0.15, -0.1) is 0 Å². The normalized spacial score (nSPS) is 16.5. The molecule has 2 rings (SSSR count). The fourth-order valence-electron chi connectivity index (χ4n) is 2.46. The smallest absolute Gasteiger partial charge is 0.0597 e. The highest BCUT2D eigenvalue weighted by atomic mass is 79.9. The Balaban J connectivity index is 2.04. The van der Waals surface area contributed by atoms with Gasteiger partial charge in [-0.05, 0) is 32.8 Å². The van der Waals surface area contributed by atoms with Gasteiger partial charge in [-0.2, -0.15) is 5.10 Å². The first kappa shape index (κ1) is 13.1. The van der Waals surface area contributed by atoms with Crippen LogP contribution in [-0.2, 0) is 13.1 Å². The molecule has 1 aromatic heterocycles. The van der Waals surface area contributed by atoms with Crippen molar-refractivity contribution in [2.24, 2.45) is 0 Å². The molecule has 0 spiro atoms. The summed E-state index contributed by atoms with van der Waals surface area (Å²) in [5.74, 6) is 0. The van der Waals surface area contributed by atoms with Gasteiger partial charge in [-0.1, -0.05) is 22.4 Å². The Bertz CT molecular complexity index is 358. The van der Waals surface area contributed by atoms with Gasteiger partial charge in [0.1, 0.15) is 0 Å². The maximum Gasteiger partial charge on any atom is 0.0597 e. The largest absolute Gasteiger partial charge is 0.294 e. The minimum atomic E-state index is 0.799. The van der Waals surface area contributed by atoms with Crippen LogP contribution < -0.4 is 0 Å². The van der Waals surface area contributed by atoms with Crippen LogP contribution in [-0.4, -0.2) is 32.6 Å². The summed E-state index contributed by atoms with van der Waals surface area (Å²) in [6.45, 7) is 7.39. The van der Waals surface area contributed by atoms with Gasteiger partial charge in [0, 0.05) is 31.0 Å². The first-order valence-electron chi connectivity index (χ1n) is 6.58. The van der Waals surface area contributed by atoms with E-state index in [4.69, 9.17) is 0 Å². The Hall–Kier alpha value is -0.350. The van der Waals surface area contributed by atoms with E-state index in [2.05, 4.69) is 50.5 Å². The minimum absolute atomic E-state index is 0.799. The molecule has 0 aliphatic heterocycles. The third-order valence-corrected chi connectivity index (χ3v) is 3.97. The number of halogens is 1. The van der Waals surface area contributed by atoms with Crippen molar-refractivity contribution < 1.29 is 0 Å². The summed E-state index contributed by atoms with van der Waals surface area (Å²) in [4.78, 5) is 2.60. The highest BCUT2D eigenvalue weighted by Gasteiger charge is 2.25. The molecule has 1 aliphatic rings. The summed E-state index contributed by atoms with van der Waals surface area (Å²) in [6.07, 6.45) is 4.13. The molecule has 1 aliphatic carbocycles. The summed E-state index contributed by atoms with van der Waals surface area (Å²) in [7, 11) is 0. The quantitative estimate of drug-likeness (QED) is 0.753. The lowest BCUT2D eigenvalue weighted by molar-refractivity contribution is 0.125. The molecule has 0 amide bonds. The summed E-state index contributed by atoms with van der Waals surface area (Å²) in [5.41, 5.74) is 2.49. The second-order valence-corrected chi connectivity index (χ2v) is 5.63. The third-order valence-electron chi connectivity index (χ3n) is 3.61. The SMILES string of the molecule is CCn1nc(C)cc1CN(CCBr)C1CCC1. The van der Waals surface area contributed by atoms with Gasteiger partial charge in [0.25, 0.3) is 0 Å². The summed E-state index contributed by atoms with van der Waals surface area (Å²) in [6, 6.07) is 3.02. The Morgan fingerprint density at radius 2 is 2.29 bits per heavy atom. The monoisotopic (exact) mass is 299 g/mol. The fraction of sp³-hybridized carbons (Fsp3) is 0.769. The number of aryl methyl sites for hydroxylation is 2. The molecule has 0 bridgehead atoms. The van der Waals surface area contributed by atoms with Gasteiger partial charge in [-0.25, -0.2) is 0 Å². The van der Waals surface area contributed by atoms with Crippen LogP contribution in [0.3, 0.4) is 0 Å². The van der Waals surface area contributed by atoms with Crippen molar-refractivity contribution in [3.63, 3.8) is 0 Å². The van der Waals surface area contributed by atoms with Crippen molar-refractivity contribution >= 4 is 15.9 Å². The van der Waals surface area contributed by atoms with Crippen molar-refractivity contribution in [2.45, 2.75) is 52.2 Å². The summed E-state index contributed by atoms with van der Waals surface area (Å²) >= 11 is 3.56. The first-order valence-corrected chi connectivity index (χ1v) is 7.70. The average molecular weight is 300 g/mol. The standard InChI is InChI=1S/C13H22BrN3/c1-3-17-13(9-11(2)15-17)10-16(8-7-14)12-5-4-6-12/h9,12H,3-8,10H2,1-2H3. The Morgan fingerprint density at radius 1 is 1.53 bits per heavy atom. The predicted octanol–water partition coefficient (Wildman–Crippen LogP) is 2.96. The second kappa shape index (κ2) is 6.01. The molecule has 0 saturated heterocycles. The predicted molar refractivity (Wildman–Crippen MR) is 74.5 cm³/mol. The van der Waals surface area contributed by atoms with E-state index >= 15 is 0 Å². The number of alkyl halides is 1. The van der Waals surface area contributed by atoms with Crippen LogP contribution in [0.25, 0.3) is 0 Å². The molecule has 1 saturated carbocycles. The van der Waals surface area contributed by atoms with E-state index in [9.17, 15) is 0 Å². The van der Waals surface area contributed by atoms with E-state index in [1.807, 2.05) is 0 Å². The molecule has 1 fully saturated rings.